The van der Waals surface area contributed by atoms with Crippen molar-refractivity contribution in [1.82, 2.24) is 10.6 Å². The van der Waals surface area contributed by atoms with Gasteiger partial charge in [0.25, 0.3) is 0 Å². The van der Waals surface area contributed by atoms with Crippen LogP contribution in [0.3, 0.4) is 0 Å². The van der Waals surface area contributed by atoms with E-state index in [1.165, 1.54) is 6.26 Å². The topological polar surface area (TPSA) is 88.4 Å². The van der Waals surface area contributed by atoms with Crippen LogP contribution in [-0.2, 0) is 16.4 Å². The predicted octanol–water partition coefficient (Wildman–Crippen LogP) is 0.656. The molecule has 1 aromatic rings. The number of rotatable bonds is 3. The van der Waals surface area contributed by atoms with Gasteiger partial charge in [-0.15, -0.1) is 0 Å². The summed E-state index contributed by atoms with van der Waals surface area (Å²) >= 11 is 0. The van der Waals surface area contributed by atoms with E-state index in [0.717, 1.165) is 0 Å². The Kier molecular flexibility index (Phi) is 3.90. The highest BCUT2D eigenvalue weighted by molar-refractivity contribution is 7.91. The number of carbonyl (C=O) groups excluding carboxylic acids is 1. The third kappa shape index (κ3) is 3.76. The zero-order chi connectivity index (χ0) is 13.0. The number of furan rings is 1. The van der Waals surface area contributed by atoms with E-state index < -0.39 is 9.84 Å². The molecule has 1 atom stereocenters. The summed E-state index contributed by atoms with van der Waals surface area (Å²) in [6.07, 6.45) is 2.83. The average Bonchev–Trinajstić information content (AvgIpc) is 2.77. The Morgan fingerprint density at radius 3 is 3.00 bits per heavy atom. The van der Waals surface area contributed by atoms with Gasteiger partial charge in [-0.25, -0.2) is 13.2 Å². The van der Waals surface area contributed by atoms with Crippen molar-refractivity contribution >= 4 is 15.9 Å². The molecule has 0 unspecified atom stereocenters. The summed E-state index contributed by atoms with van der Waals surface area (Å²) in [5.74, 6) is 0.904. The molecule has 1 saturated heterocycles. The quantitative estimate of drug-likeness (QED) is 0.846. The second-order valence-corrected chi connectivity index (χ2v) is 6.59. The van der Waals surface area contributed by atoms with E-state index in [9.17, 15) is 13.2 Å². The van der Waals surface area contributed by atoms with Crippen LogP contribution in [0, 0.1) is 0 Å². The predicted molar refractivity (Wildman–Crippen MR) is 65.8 cm³/mol. The standard InChI is InChI=1S/C11H16N2O4S/c14-11(12-7-10-4-1-5-17-10)13-9-3-2-6-18(15,16)8-9/h1,4-5,9H,2-3,6-8H2,(H2,12,13,14)/t9-/m1/s1. The van der Waals surface area contributed by atoms with Crippen molar-refractivity contribution in [2.75, 3.05) is 11.5 Å². The molecule has 0 saturated carbocycles. The minimum Gasteiger partial charge on any atom is -0.467 e. The van der Waals surface area contributed by atoms with Gasteiger partial charge in [-0.1, -0.05) is 0 Å². The molecule has 2 amide bonds. The fourth-order valence-electron chi connectivity index (χ4n) is 1.95. The van der Waals surface area contributed by atoms with Crippen molar-refractivity contribution in [3.8, 4) is 0 Å². The lowest BCUT2D eigenvalue weighted by molar-refractivity contribution is 0.235. The first-order valence-electron chi connectivity index (χ1n) is 5.82. The third-order valence-electron chi connectivity index (χ3n) is 2.80. The molecule has 0 aliphatic carbocycles. The number of urea groups is 1. The van der Waals surface area contributed by atoms with Crippen LogP contribution in [0.2, 0.25) is 0 Å². The lowest BCUT2D eigenvalue weighted by atomic mass is 10.2. The van der Waals surface area contributed by atoms with E-state index in [-0.39, 0.29) is 30.1 Å². The summed E-state index contributed by atoms with van der Waals surface area (Å²) in [6.45, 7) is 0.290. The number of carbonyl (C=O) groups is 1. The highest BCUT2D eigenvalue weighted by atomic mass is 32.2. The molecule has 2 N–H and O–H groups in total. The maximum atomic E-state index is 11.6. The number of amides is 2. The van der Waals surface area contributed by atoms with Gasteiger partial charge >= 0.3 is 6.03 Å². The first-order valence-corrected chi connectivity index (χ1v) is 7.64. The summed E-state index contributed by atoms with van der Waals surface area (Å²) in [5.41, 5.74) is 0. The van der Waals surface area contributed by atoms with Crippen molar-refractivity contribution in [1.29, 1.82) is 0 Å². The Hall–Kier alpha value is -1.50. The fraction of sp³-hybridized carbons (Fsp3) is 0.545. The van der Waals surface area contributed by atoms with Gasteiger partial charge in [0.1, 0.15) is 5.76 Å². The minimum absolute atomic E-state index is 0.0289. The van der Waals surface area contributed by atoms with Gasteiger partial charge in [0, 0.05) is 6.04 Å². The van der Waals surface area contributed by atoms with E-state index in [2.05, 4.69) is 10.6 Å². The zero-order valence-corrected chi connectivity index (χ0v) is 10.7. The third-order valence-corrected chi connectivity index (χ3v) is 4.62. The molecule has 7 heteroatoms. The van der Waals surface area contributed by atoms with Crippen molar-refractivity contribution in [2.45, 2.75) is 25.4 Å². The van der Waals surface area contributed by atoms with Crippen molar-refractivity contribution in [3.05, 3.63) is 24.2 Å². The summed E-state index contributed by atoms with van der Waals surface area (Å²) in [7, 11) is -3.00. The van der Waals surface area contributed by atoms with Gasteiger partial charge < -0.3 is 15.1 Å². The summed E-state index contributed by atoms with van der Waals surface area (Å²) in [5, 5.41) is 5.29. The van der Waals surface area contributed by atoms with Gasteiger partial charge in [-0.05, 0) is 25.0 Å². The molecule has 1 aliphatic rings. The van der Waals surface area contributed by atoms with Crippen LogP contribution >= 0.6 is 0 Å². The molecule has 2 heterocycles. The van der Waals surface area contributed by atoms with Gasteiger partial charge in [-0.2, -0.15) is 0 Å². The molecule has 1 fully saturated rings. The van der Waals surface area contributed by atoms with Crippen LogP contribution in [0.1, 0.15) is 18.6 Å². The average molecular weight is 272 g/mol. The molecular weight excluding hydrogens is 256 g/mol. The first kappa shape index (κ1) is 12.9. The molecule has 0 bridgehead atoms. The van der Waals surface area contributed by atoms with Crippen molar-refractivity contribution in [2.24, 2.45) is 0 Å². The molecular formula is C11H16N2O4S. The smallest absolute Gasteiger partial charge is 0.315 e. The summed E-state index contributed by atoms with van der Waals surface area (Å²) in [6, 6.07) is 2.84. The molecule has 0 spiro atoms. The molecule has 1 aromatic heterocycles. The lowest BCUT2D eigenvalue weighted by Crippen LogP contribution is -2.47. The largest absolute Gasteiger partial charge is 0.467 e. The van der Waals surface area contributed by atoms with E-state index in [1.54, 1.807) is 12.1 Å². The molecule has 0 radical (unpaired) electrons. The van der Waals surface area contributed by atoms with E-state index in [4.69, 9.17) is 4.42 Å². The zero-order valence-electron chi connectivity index (χ0n) is 9.89. The van der Waals surface area contributed by atoms with Gasteiger partial charge in [0.05, 0.1) is 24.3 Å². The monoisotopic (exact) mass is 272 g/mol. The van der Waals surface area contributed by atoms with Gasteiger partial charge in [-0.3, -0.25) is 0 Å². The first-order chi connectivity index (χ1) is 8.55. The number of nitrogens with one attached hydrogen (secondary N) is 2. The minimum atomic E-state index is -3.00. The second kappa shape index (κ2) is 5.43. The number of hydrogen-bond acceptors (Lipinski definition) is 4. The van der Waals surface area contributed by atoms with Crippen LogP contribution < -0.4 is 10.6 Å². The van der Waals surface area contributed by atoms with Crippen LogP contribution in [0.25, 0.3) is 0 Å². The highest BCUT2D eigenvalue weighted by Gasteiger charge is 2.25. The molecule has 100 valence electrons. The van der Waals surface area contributed by atoms with E-state index >= 15 is 0 Å². The van der Waals surface area contributed by atoms with Gasteiger partial charge in [0.15, 0.2) is 9.84 Å². The normalized spacial score (nSPS) is 22.3. The maximum absolute atomic E-state index is 11.6. The van der Waals surface area contributed by atoms with Crippen LogP contribution in [0.15, 0.2) is 22.8 Å². The summed E-state index contributed by atoms with van der Waals surface area (Å²) in [4.78, 5) is 11.6. The molecule has 1 aliphatic heterocycles. The van der Waals surface area contributed by atoms with Crippen molar-refractivity contribution < 1.29 is 17.6 Å². The Balaban J connectivity index is 1.77. The lowest BCUT2D eigenvalue weighted by Gasteiger charge is -2.22. The SMILES string of the molecule is O=C(NCc1ccco1)N[C@@H]1CCCS(=O)(=O)C1. The van der Waals surface area contributed by atoms with Crippen molar-refractivity contribution in [3.63, 3.8) is 0 Å². The second-order valence-electron chi connectivity index (χ2n) is 4.36. The van der Waals surface area contributed by atoms with E-state index in [1.807, 2.05) is 0 Å². The Bertz CT molecular complexity index is 495. The molecule has 0 aromatic carbocycles. The van der Waals surface area contributed by atoms with Crippen LogP contribution in [0.4, 0.5) is 4.79 Å². The molecule has 6 nitrogen and oxygen atoms in total. The Labute approximate surface area is 106 Å². The molecule has 18 heavy (non-hydrogen) atoms. The van der Waals surface area contributed by atoms with Gasteiger partial charge in [0.2, 0.25) is 0 Å². The van der Waals surface area contributed by atoms with Crippen LogP contribution in [-0.4, -0.2) is 32.0 Å². The Morgan fingerprint density at radius 1 is 1.50 bits per heavy atom. The fourth-order valence-corrected chi connectivity index (χ4v) is 3.59. The Morgan fingerprint density at radius 2 is 2.33 bits per heavy atom. The molecule has 2 rings (SSSR count). The highest BCUT2D eigenvalue weighted by Crippen LogP contribution is 2.11. The number of sulfone groups is 1. The van der Waals surface area contributed by atoms with E-state index in [0.29, 0.717) is 18.6 Å². The maximum Gasteiger partial charge on any atom is 0.315 e. The summed E-state index contributed by atoms with van der Waals surface area (Å²) < 4.78 is 27.9. The number of hydrogen-bond donors (Lipinski definition) is 2. The van der Waals surface area contributed by atoms with Crippen LogP contribution in [0.5, 0.6) is 0 Å².